The highest BCUT2D eigenvalue weighted by Gasteiger charge is 2.51. The van der Waals surface area contributed by atoms with E-state index < -0.39 is 63.7 Å². The van der Waals surface area contributed by atoms with Crippen molar-refractivity contribution in [3.63, 3.8) is 0 Å². The second-order valence-electron chi connectivity index (χ2n) is 7.09. The molecule has 8 nitrogen and oxygen atoms in total. The van der Waals surface area contributed by atoms with Crippen LogP contribution in [0.5, 0.6) is 5.75 Å². The summed E-state index contributed by atoms with van der Waals surface area (Å²) in [5.41, 5.74) is -3.12. The number of hydrogen-bond donors (Lipinski definition) is 2. The molecule has 2 atom stereocenters. The van der Waals surface area contributed by atoms with Gasteiger partial charge in [-0.3, -0.25) is 4.98 Å². The predicted octanol–water partition coefficient (Wildman–Crippen LogP) is 2.13. The molecule has 0 saturated carbocycles. The maximum Gasteiger partial charge on any atom is 0.415 e. The number of halogens is 3. The predicted molar refractivity (Wildman–Crippen MR) is 102 cm³/mol. The molecule has 0 spiro atoms. The van der Waals surface area contributed by atoms with Crippen LogP contribution >= 0.6 is 0 Å². The third kappa shape index (κ3) is 4.49. The molecule has 1 aliphatic rings. The number of aliphatic hydroxyl groups is 2. The number of ether oxygens (including phenoxy) is 1. The minimum absolute atomic E-state index is 0.234. The van der Waals surface area contributed by atoms with E-state index >= 15 is 0 Å². The molecule has 0 bridgehead atoms. The summed E-state index contributed by atoms with van der Waals surface area (Å²) in [6.07, 6.45) is -4.55. The summed E-state index contributed by atoms with van der Waals surface area (Å²) >= 11 is 0. The Labute approximate surface area is 176 Å². The highest BCUT2D eigenvalue weighted by atomic mass is 32.2. The van der Waals surface area contributed by atoms with Gasteiger partial charge in [0.15, 0.2) is 0 Å². The van der Waals surface area contributed by atoms with Crippen LogP contribution in [0.1, 0.15) is 11.3 Å². The van der Waals surface area contributed by atoms with Crippen molar-refractivity contribution in [3.05, 3.63) is 59.2 Å². The molecule has 3 rings (SSSR count). The van der Waals surface area contributed by atoms with Crippen molar-refractivity contribution in [3.8, 4) is 5.75 Å². The van der Waals surface area contributed by atoms with E-state index in [1.165, 1.54) is 6.20 Å². The van der Waals surface area contributed by atoms with E-state index in [4.69, 9.17) is 11.3 Å². The molecule has 2 aromatic rings. The van der Waals surface area contributed by atoms with Crippen LogP contribution in [0.3, 0.4) is 0 Å². The zero-order valence-electron chi connectivity index (χ0n) is 16.2. The molecular formula is C19H18F3N3O5S. The molecule has 1 saturated heterocycles. The third-order valence-electron chi connectivity index (χ3n) is 4.88. The van der Waals surface area contributed by atoms with Crippen molar-refractivity contribution in [2.24, 2.45) is 0 Å². The first-order valence-electron chi connectivity index (χ1n) is 8.92. The van der Waals surface area contributed by atoms with Gasteiger partial charge in [-0.25, -0.2) is 13.3 Å². The van der Waals surface area contributed by atoms with Gasteiger partial charge < -0.3 is 14.9 Å². The number of β-amino-alcohol motifs (C(OH)–C–C–N with tert-alkyl or cyclic N) is 1. The van der Waals surface area contributed by atoms with Gasteiger partial charge in [-0.1, -0.05) is 12.1 Å². The topological polar surface area (TPSA) is 104 Å². The lowest BCUT2D eigenvalue weighted by Gasteiger charge is -2.27. The molecule has 1 fully saturated rings. The van der Waals surface area contributed by atoms with E-state index in [2.05, 4.69) is 9.83 Å². The minimum atomic E-state index is -4.74. The number of nitrogens with zero attached hydrogens (tertiary/aromatic N) is 3. The Kier molecular flexibility index (Phi) is 5.98. The molecule has 1 aromatic heterocycles. The Morgan fingerprint density at radius 3 is 2.61 bits per heavy atom. The van der Waals surface area contributed by atoms with Crippen molar-refractivity contribution < 1.29 is 36.5 Å². The second-order valence-corrected chi connectivity index (χ2v) is 9.00. The molecule has 31 heavy (non-hydrogen) atoms. The minimum Gasteiger partial charge on any atom is -0.484 e. The van der Waals surface area contributed by atoms with Crippen LogP contribution in [0.25, 0.3) is 4.85 Å². The maximum absolute atomic E-state index is 13.1. The molecule has 1 aromatic carbocycles. The largest absolute Gasteiger partial charge is 0.484 e. The number of hydrogen-bond acceptors (Lipinski definition) is 6. The van der Waals surface area contributed by atoms with Crippen LogP contribution in [0.2, 0.25) is 0 Å². The molecule has 2 heterocycles. The summed E-state index contributed by atoms with van der Waals surface area (Å²) in [5, 5.41) is 20.4. The number of alkyl halides is 3. The number of aliphatic hydroxyl groups excluding tert-OH is 1. The number of rotatable bonds is 5. The van der Waals surface area contributed by atoms with Crippen LogP contribution in [-0.4, -0.2) is 59.3 Å². The summed E-state index contributed by atoms with van der Waals surface area (Å²) in [6, 6.07) is 4.94. The van der Waals surface area contributed by atoms with Crippen molar-refractivity contribution in [1.29, 1.82) is 0 Å². The van der Waals surface area contributed by atoms with Gasteiger partial charge >= 0.3 is 6.18 Å². The number of pyridine rings is 1. The molecular weight excluding hydrogens is 439 g/mol. The van der Waals surface area contributed by atoms with Gasteiger partial charge in [-0.2, -0.15) is 17.5 Å². The summed E-state index contributed by atoms with van der Waals surface area (Å²) in [7, 11) is -4.47. The number of aryl methyl sites for hydroxylation is 1. The highest BCUT2D eigenvalue weighted by molar-refractivity contribution is 7.89. The average Bonchev–Trinajstić information content (AvgIpc) is 3.06. The Morgan fingerprint density at radius 1 is 1.35 bits per heavy atom. The molecule has 1 aliphatic heterocycles. The zero-order chi connectivity index (χ0) is 23.0. The van der Waals surface area contributed by atoms with Crippen molar-refractivity contribution in [1.82, 2.24) is 9.29 Å². The maximum atomic E-state index is 13.1. The van der Waals surface area contributed by atoms with Gasteiger partial charge in [0.25, 0.3) is 0 Å². The first-order valence-corrected chi connectivity index (χ1v) is 10.4. The first kappa shape index (κ1) is 23.0. The van der Waals surface area contributed by atoms with Gasteiger partial charge in [0.2, 0.25) is 15.7 Å². The van der Waals surface area contributed by atoms with Gasteiger partial charge in [0.1, 0.15) is 17.5 Å². The fraction of sp³-hybridized carbons (Fsp3) is 0.368. The zero-order valence-corrected chi connectivity index (χ0v) is 17.0. The van der Waals surface area contributed by atoms with E-state index in [0.29, 0.717) is 23.9 Å². The van der Waals surface area contributed by atoms with E-state index in [9.17, 15) is 31.8 Å². The first-order chi connectivity index (χ1) is 14.4. The van der Waals surface area contributed by atoms with Crippen molar-refractivity contribution in [2.75, 3.05) is 19.7 Å². The Morgan fingerprint density at radius 2 is 2.06 bits per heavy atom. The van der Waals surface area contributed by atoms with Crippen LogP contribution in [0.4, 0.5) is 18.9 Å². The molecule has 166 valence electrons. The lowest BCUT2D eigenvalue weighted by Crippen LogP contribution is -2.48. The fourth-order valence-corrected chi connectivity index (χ4v) is 4.75. The number of sulfonamides is 1. The standard InChI is InChI=1S/C19H18F3N3O5S/c1-12-3-5-14(8-24-12)30-17-9-25(10-18(17,27)11-26)31(28,29)16-6-4-13(19(20,21)22)7-15(16)23-2/h3-8,17,26-27H,9-11H2,1H3/t17-,18+/m0/s1. The lowest BCUT2D eigenvalue weighted by molar-refractivity contribution is -0.137. The van der Waals surface area contributed by atoms with Crippen LogP contribution in [0, 0.1) is 13.5 Å². The molecule has 0 radical (unpaired) electrons. The van der Waals surface area contributed by atoms with Gasteiger partial charge in [0.05, 0.1) is 30.8 Å². The van der Waals surface area contributed by atoms with Crippen molar-refractivity contribution in [2.45, 2.75) is 29.7 Å². The highest BCUT2D eigenvalue weighted by Crippen LogP contribution is 2.37. The van der Waals surface area contributed by atoms with Crippen LogP contribution < -0.4 is 4.74 Å². The Bertz CT molecular complexity index is 1120. The SMILES string of the molecule is [C-]#[N+]c1cc(C(F)(F)F)ccc1S(=O)(=O)N1C[C@H](Oc2ccc(C)nc2)[C@](O)(CO)C1. The average molecular weight is 457 g/mol. The fourth-order valence-electron chi connectivity index (χ4n) is 3.14. The Hall–Kier alpha value is -2.72. The van der Waals surface area contributed by atoms with E-state index in [1.807, 2.05) is 0 Å². The smallest absolute Gasteiger partial charge is 0.415 e. The van der Waals surface area contributed by atoms with Gasteiger partial charge in [-0.05, 0) is 25.1 Å². The van der Waals surface area contributed by atoms with Gasteiger partial charge in [-0.15, -0.1) is 0 Å². The molecule has 12 heteroatoms. The van der Waals surface area contributed by atoms with E-state index in [1.54, 1.807) is 19.1 Å². The molecule has 0 amide bonds. The van der Waals surface area contributed by atoms with E-state index in [0.717, 1.165) is 4.31 Å². The van der Waals surface area contributed by atoms with Crippen LogP contribution in [0.15, 0.2) is 41.4 Å². The Balaban J connectivity index is 1.93. The summed E-state index contributed by atoms with van der Waals surface area (Å²) < 4.78 is 71.3. The molecule has 2 N–H and O–H groups in total. The third-order valence-corrected chi connectivity index (χ3v) is 6.74. The molecule has 0 unspecified atom stereocenters. The second kappa shape index (κ2) is 8.08. The number of benzene rings is 1. The van der Waals surface area contributed by atoms with E-state index in [-0.39, 0.29) is 5.75 Å². The lowest BCUT2D eigenvalue weighted by atomic mass is 10.0. The summed E-state index contributed by atoms with van der Waals surface area (Å²) in [5.74, 6) is 0.234. The quantitative estimate of drug-likeness (QED) is 0.667. The summed E-state index contributed by atoms with van der Waals surface area (Å²) in [4.78, 5) is 6.33. The number of aromatic nitrogens is 1. The normalized spacial score (nSPS) is 22.3. The van der Waals surface area contributed by atoms with Gasteiger partial charge in [0, 0.05) is 17.8 Å². The summed E-state index contributed by atoms with van der Waals surface area (Å²) in [6.45, 7) is 7.06. The molecule has 0 aliphatic carbocycles. The van der Waals surface area contributed by atoms with Crippen LogP contribution in [-0.2, 0) is 16.2 Å². The monoisotopic (exact) mass is 457 g/mol. The van der Waals surface area contributed by atoms with Crippen molar-refractivity contribution >= 4 is 15.7 Å².